The zero-order chi connectivity index (χ0) is 13.4. The zero-order valence-electron chi connectivity index (χ0n) is 10.7. The van der Waals surface area contributed by atoms with Crippen molar-refractivity contribution in [2.24, 2.45) is 0 Å². The summed E-state index contributed by atoms with van der Waals surface area (Å²) in [6, 6.07) is 5.62. The Labute approximate surface area is 106 Å². The van der Waals surface area contributed by atoms with Gasteiger partial charge in [0, 0.05) is 18.8 Å². The second-order valence-corrected chi connectivity index (χ2v) is 3.43. The van der Waals surface area contributed by atoms with E-state index in [0.717, 1.165) is 5.56 Å². The monoisotopic (exact) mass is 251 g/mol. The lowest BCUT2D eigenvalue weighted by molar-refractivity contribution is -0.134. The predicted octanol–water partition coefficient (Wildman–Crippen LogP) is 1.48. The molecule has 0 aliphatic carbocycles. The number of methoxy groups -OCH3 is 3. The third-order valence-electron chi connectivity index (χ3n) is 2.29. The number of carbonyl (C=O) groups excluding carboxylic acids is 1. The lowest BCUT2D eigenvalue weighted by Crippen LogP contribution is -2.06. The van der Waals surface area contributed by atoms with Crippen LogP contribution < -0.4 is 14.8 Å². The van der Waals surface area contributed by atoms with Crippen LogP contribution in [0.4, 0.5) is 0 Å². The van der Waals surface area contributed by atoms with Crippen molar-refractivity contribution in [2.75, 3.05) is 21.3 Å². The molecule has 1 aromatic rings. The number of rotatable bonds is 6. The molecule has 0 aliphatic rings. The van der Waals surface area contributed by atoms with Crippen LogP contribution in [0, 0.1) is 0 Å². The van der Waals surface area contributed by atoms with Crippen LogP contribution in [0.1, 0.15) is 5.56 Å². The largest absolute Gasteiger partial charge is 0.493 e. The summed E-state index contributed by atoms with van der Waals surface area (Å²) in [5.74, 6) is 0.968. The average molecular weight is 251 g/mol. The Morgan fingerprint density at radius 3 is 2.56 bits per heavy atom. The highest BCUT2D eigenvalue weighted by atomic mass is 16.5. The lowest BCUT2D eigenvalue weighted by Gasteiger charge is -2.09. The minimum absolute atomic E-state index is 0.394. The van der Waals surface area contributed by atoms with E-state index in [9.17, 15) is 4.79 Å². The average Bonchev–Trinajstić information content (AvgIpc) is 2.42. The molecule has 1 aromatic carbocycles. The quantitative estimate of drug-likeness (QED) is 0.613. The van der Waals surface area contributed by atoms with Crippen LogP contribution in [0.25, 0.3) is 0 Å². The lowest BCUT2D eigenvalue weighted by atomic mass is 10.2. The molecule has 0 unspecified atom stereocenters. The van der Waals surface area contributed by atoms with Gasteiger partial charge in [0.2, 0.25) is 0 Å². The Morgan fingerprint density at radius 1 is 1.22 bits per heavy atom. The van der Waals surface area contributed by atoms with Crippen LogP contribution in [0.2, 0.25) is 0 Å². The Bertz CT molecular complexity index is 429. The number of nitrogens with one attached hydrogen (secondary N) is 1. The number of benzene rings is 1. The van der Waals surface area contributed by atoms with Crippen molar-refractivity contribution < 1.29 is 19.0 Å². The van der Waals surface area contributed by atoms with Gasteiger partial charge in [-0.3, -0.25) is 0 Å². The van der Waals surface area contributed by atoms with Crippen molar-refractivity contribution >= 4 is 5.97 Å². The molecule has 0 spiro atoms. The van der Waals surface area contributed by atoms with Gasteiger partial charge in [0.25, 0.3) is 0 Å². The van der Waals surface area contributed by atoms with Crippen LogP contribution in [0.5, 0.6) is 11.5 Å². The molecule has 0 saturated carbocycles. The highest BCUT2D eigenvalue weighted by Crippen LogP contribution is 2.27. The molecule has 0 bridgehead atoms. The number of ether oxygens (including phenoxy) is 3. The molecule has 0 fully saturated rings. The molecule has 98 valence electrons. The molecule has 0 heterocycles. The highest BCUT2D eigenvalue weighted by Gasteiger charge is 2.03. The number of esters is 1. The van der Waals surface area contributed by atoms with Crippen LogP contribution >= 0.6 is 0 Å². The molecular weight excluding hydrogens is 234 g/mol. The molecule has 5 nitrogen and oxygen atoms in total. The maximum atomic E-state index is 10.8. The summed E-state index contributed by atoms with van der Waals surface area (Å²) < 4.78 is 14.8. The molecule has 0 radical (unpaired) electrons. The van der Waals surface area contributed by atoms with Crippen LogP contribution in [-0.2, 0) is 16.1 Å². The topological polar surface area (TPSA) is 56.8 Å². The first-order valence-electron chi connectivity index (χ1n) is 5.40. The second-order valence-electron chi connectivity index (χ2n) is 3.43. The Morgan fingerprint density at radius 2 is 1.94 bits per heavy atom. The van der Waals surface area contributed by atoms with E-state index >= 15 is 0 Å². The van der Waals surface area contributed by atoms with E-state index in [2.05, 4.69) is 10.1 Å². The Balaban J connectivity index is 2.58. The summed E-state index contributed by atoms with van der Waals surface area (Å²) in [7, 11) is 4.52. The smallest absolute Gasteiger partial charge is 0.331 e. The van der Waals surface area contributed by atoms with Gasteiger partial charge >= 0.3 is 5.97 Å². The third-order valence-corrected chi connectivity index (χ3v) is 2.29. The van der Waals surface area contributed by atoms with E-state index in [4.69, 9.17) is 9.47 Å². The molecule has 0 aromatic heterocycles. The number of hydrogen-bond acceptors (Lipinski definition) is 5. The molecule has 18 heavy (non-hydrogen) atoms. The summed E-state index contributed by atoms with van der Waals surface area (Å²) in [5, 5.41) is 2.98. The fraction of sp³-hybridized carbons (Fsp3) is 0.308. The van der Waals surface area contributed by atoms with E-state index in [-0.39, 0.29) is 0 Å². The molecule has 0 atom stereocenters. The molecule has 5 heteroatoms. The van der Waals surface area contributed by atoms with Gasteiger partial charge < -0.3 is 19.5 Å². The molecule has 0 saturated heterocycles. The number of hydrogen-bond donors (Lipinski definition) is 1. The van der Waals surface area contributed by atoms with Gasteiger partial charge in [0.1, 0.15) is 0 Å². The summed E-state index contributed by atoms with van der Waals surface area (Å²) in [4.78, 5) is 10.8. The molecular formula is C13H17NO4. The van der Waals surface area contributed by atoms with Gasteiger partial charge in [-0.15, -0.1) is 0 Å². The van der Waals surface area contributed by atoms with E-state index in [1.54, 1.807) is 20.4 Å². The van der Waals surface area contributed by atoms with Crippen LogP contribution in [0.3, 0.4) is 0 Å². The van der Waals surface area contributed by atoms with E-state index < -0.39 is 5.97 Å². The highest BCUT2D eigenvalue weighted by molar-refractivity contribution is 5.81. The van der Waals surface area contributed by atoms with Crippen molar-refractivity contribution in [3.05, 3.63) is 36.0 Å². The first-order chi connectivity index (χ1) is 8.71. The van der Waals surface area contributed by atoms with Gasteiger partial charge in [-0.2, -0.15) is 0 Å². The van der Waals surface area contributed by atoms with Crippen molar-refractivity contribution in [1.82, 2.24) is 5.32 Å². The predicted molar refractivity (Wildman–Crippen MR) is 67.5 cm³/mol. The maximum Gasteiger partial charge on any atom is 0.331 e. The van der Waals surface area contributed by atoms with Crippen LogP contribution in [-0.4, -0.2) is 27.3 Å². The standard InChI is InChI=1S/C13H17NO4/c1-16-11-5-4-10(8-12(11)17-2)9-14-7-6-13(15)18-3/h4-8,14H,9H2,1-3H3/b7-6+. The minimum atomic E-state index is -0.394. The molecule has 0 amide bonds. The second kappa shape index (κ2) is 7.21. The van der Waals surface area contributed by atoms with Crippen molar-refractivity contribution in [2.45, 2.75) is 6.54 Å². The molecule has 0 aliphatic heterocycles. The summed E-state index contributed by atoms with van der Waals surface area (Å²) in [5.41, 5.74) is 1.02. The van der Waals surface area contributed by atoms with Gasteiger partial charge in [0.15, 0.2) is 11.5 Å². The van der Waals surface area contributed by atoms with Crippen molar-refractivity contribution in [3.63, 3.8) is 0 Å². The van der Waals surface area contributed by atoms with Crippen LogP contribution in [0.15, 0.2) is 30.5 Å². The zero-order valence-corrected chi connectivity index (χ0v) is 10.7. The first-order valence-corrected chi connectivity index (χ1v) is 5.40. The van der Waals surface area contributed by atoms with Gasteiger partial charge in [-0.05, 0) is 17.7 Å². The van der Waals surface area contributed by atoms with E-state index in [0.29, 0.717) is 18.0 Å². The summed E-state index contributed by atoms with van der Waals surface area (Å²) >= 11 is 0. The van der Waals surface area contributed by atoms with Gasteiger partial charge in [-0.25, -0.2) is 4.79 Å². The normalized spacial score (nSPS) is 10.2. The fourth-order valence-electron chi connectivity index (χ4n) is 1.36. The fourth-order valence-corrected chi connectivity index (χ4v) is 1.36. The van der Waals surface area contributed by atoms with Crippen molar-refractivity contribution in [1.29, 1.82) is 0 Å². The van der Waals surface area contributed by atoms with Gasteiger partial charge in [-0.1, -0.05) is 6.07 Å². The van der Waals surface area contributed by atoms with Gasteiger partial charge in [0.05, 0.1) is 21.3 Å². The summed E-state index contributed by atoms with van der Waals surface area (Å²) in [6.07, 6.45) is 2.86. The van der Waals surface area contributed by atoms with E-state index in [1.807, 2.05) is 18.2 Å². The third kappa shape index (κ3) is 4.01. The Hall–Kier alpha value is -2.17. The van der Waals surface area contributed by atoms with Crippen molar-refractivity contribution in [3.8, 4) is 11.5 Å². The Kier molecular flexibility index (Phi) is 5.57. The van der Waals surface area contributed by atoms with E-state index in [1.165, 1.54) is 13.2 Å². The molecule has 1 N–H and O–H groups in total. The SMILES string of the molecule is COC(=O)/C=C/NCc1ccc(OC)c(OC)c1. The first kappa shape index (κ1) is 13.9. The molecule has 1 rings (SSSR count). The number of carbonyl (C=O) groups is 1. The summed E-state index contributed by atoms with van der Waals surface area (Å²) in [6.45, 7) is 0.577. The maximum absolute atomic E-state index is 10.8. The minimum Gasteiger partial charge on any atom is -0.493 e.